The van der Waals surface area contributed by atoms with E-state index in [1.54, 1.807) is 0 Å². The van der Waals surface area contributed by atoms with E-state index < -0.39 is 96.9 Å². The number of hydrogen-bond acceptors (Lipinski definition) is 17. The van der Waals surface area contributed by atoms with Crippen molar-refractivity contribution < 1.29 is 78.8 Å². The molecule has 0 radical (unpaired) electrons. The number of rotatable bonds is 9. The van der Waals surface area contributed by atoms with Gasteiger partial charge in [0.25, 0.3) is 0 Å². The molecule has 17 nitrogen and oxygen atoms in total. The van der Waals surface area contributed by atoms with E-state index in [2.05, 4.69) is 0 Å². The van der Waals surface area contributed by atoms with E-state index in [9.17, 15) is 50.8 Å². The van der Waals surface area contributed by atoms with E-state index in [0.29, 0.717) is 5.75 Å². The molecule has 5 rings (SSSR count). The lowest BCUT2D eigenvalue weighted by Gasteiger charge is -2.39. The molecule has 9 N–H and O–H groups in total. The molecule has 0 saturated carbocycles. The van der Waals surface area contributed by atoms with Crippen LogP contribution in [0.25, 0.3) is 22.3 Å². The van der Waals surface area contributed by atoms with Gasteiger partial charge in [0, 0.05) is 17.7 Å². The van der Waals surface area contributed by atoms with Crippen LogP contribution in [0.15, 0.2) is 39.5 Å². The number of aliphatic hydroxyl groups is 8. The predicted octanol–water partition coefficient (Wildman–Crippen LogP) is -2.46. The fourth-order valence-electron chi connectivity index (χ4n) is 5.18. The van der Waals surface area contributed by atoms with Crippen molar-refractivity contribution >= 4 is 11.0 Å². The number of phenols is 1. The summed E-state index contributed by atoms with van der Waals surface area (Å²) in [5, 5.41) is 91.1. The molecule has 2 aromatic carbocycles. The predicted molar refractivity (Wildman–Crippen MR) is 151 cm³/mol. The van der Waals surface area contributed by atoms with Gasteiger partial charge >= 0.3 is 0 Å². The molecule has 17 heteroatoms. The summed E-state index contributed by atoms with van der Waals surface area (Å²) in [6.45, 7) is -1.48. The normalized spacial score (nSPS) is 31.4. The first kappa shape index (κ1) is 33.6. The van der Waals surface area contributed by atoms with Crippen LogP contribution in [-0.4, -0.2) is 135 Å². The zero-order valence-corrected chi connectivity index (χ0v) is 24.4. The molecule has 2 saturated heterocycles. The van der Waals surface area contributed by atoms with Crippen LogP contribution < -0.4 is 24.4 Å². The molecule has 2 aliphatic heterocycles. The Hall–Kier alpha value is -3.75. The first-order chi connectivity index (χ1) is 21.9. The quantitative estimate of drug-likeness (QED) is 0.116. The van der Waals surface area contributed by atoms with Crippen LogP contribution in [0.1, 0.15) is 0 Å². The van der Waals surface area contributed by atoms with Gasteiger partial charge in [-0.1, -0.05) is 0 Å². The van der Waals surface area contributed by atoms with Crippen molar-refractivity contribution in [1.82, 2.24) is 0 Å². The molecule has 0 unspecified atom stereocenters. The smallest absolute Gasteiger partial charge is 0.239 e. The van der Waals surface area contributed by atoms with Crippen molar-refractivity contribution in [2.24, 2.45) is 0 Å². The molecular formula is C29H34O17. The van der Waals surface area contributed by atoms with Crippen LogP contribution in [-0.2, 0) is 9.47 Å². The lowest BCUT2D eigenvalue weighted by molar-refractivity contribution is -0.277. The monoisotopic (exact) mass is 654 g/mol. The Kier molecular flexibility index (Phi) is 9.89. The topological polar surface area (TPSA) is 268 Å². The highest BCUT2D eigenvalue weighted by molar-refractivity contribution is 5.88. The zero-order valence-electron chi connectivity index (χ0n) is 24.4. The fourth-order valence-corrected chi connectivity index (χ4v) is 5.18. The van der Waals surface area contributed by atoms with Crippen molar-refractivity contribution in [2.45, 2.75) is 61.4 Å². The first-order valence-electron chi connectivity index (χ1n) is 13.9. The maximum absolute atomic E-state index is 13.9. The number of benzene rings is 2. The second-order valence-corrected chi connectivity index (χ2v) is 10.6. The third-order valence-electron chi connectivity index (χ3n) is 7.74. The molecule has 1 aromatic heterocycles. The molecule has 2 aliphatic rings. The number of aromatic hydroxyl groups is 1. The van der Waals surface area contributed by atoms with Gasteiger partial charge in [-0.15, -0.1) is 0 Å². The molecule has 252 valence electrons. The Morgan fingerprint density at radius 3 is 1.83 bits per heavy atom. The highest BCUT2D eigenvalue weighted by Gasteiger charge is 2.46. The second kappa shape index (κ2) is 13.5. The number of hydrogen-bond donors (Lipinski definition) is 9. The molecule has 3 heterocycles. The van der Waals surface area contributed by atoms with E-state index in [1.807, 2.05) is 0 Å². The van der Waals surface area contributed by atoms with Crippen molar-refractivity contribution in [1.29, 1.82) is 0 Å². The van der Waals surface area contributed by atoms with Gasteiger partial charge in [-0.3, -0.25) is 4.79 Å². The van der Waals surface area contributed by atoms with Gasteiger partial charge in [0.05, 0.1) is 27.4 Å². The standard InChI is InChI=1S/C29H34O17/c1-40-13-4-3-10(5-14(13)41-2)26-27(46-29-25(39)23(37)20(34)17(9-31)45-29)21(35)18-12(32)6-11(7-15(18)43-26)42-28-24(38)22(36)19(33)16(8-30)44-28/h3-7,16-17,19-20,22-25,28-34,36-39H,8-9H2,1-2H3/t16-,17-,19-,20-,22+,23+,24+,25-,28-,29+/m1/s1. The molecule has 0 aliphatic carbocycles. The molecule has 0 amide bonds. The van der Waals surface area contributed by atoms with Gasteiger partial charge in [-0.25, -0.2) is 0 Å². The summed E-state index contributed by atoms with van der Waals surface area (Å²) in [5.74, 6) is -1.30. The number of fused-ring (bicyclic) bond motifs is 1. The molecule has 10 atom stereocenters. The minimum absolute atomic E-state index is 0.163. The lowest BCUT2D eigenvalue weighted by atomic mass is 9.99. The van der Waals surface area contributed by atoms with Crippen LogP contribution >= 0.6 is 0 Å². The Morgan fingerprint density at radius 2 is 1.28 bits per heavy atom. The number of phenolic OH excluding ortho intramolecular Hbond substituents is 1. The van der Waals surface area contributed by atoms with Gasteiger partial charge in [0.15, 0.2) is 17.3 Å². The number of aliphatic hydroxyl groups excluding tert-OH is 8. The second-order valence-electron chi connectivity index (χ2n) is 10.6. The molecule has 3 aromatic rings. The van der Waals surface area contributed by atoms with Crippen LogP contribution in [0.4, 0.5) is 0 Å². The van der Waals surface area contributed by atoms with E-state index in [0.717, 1.165) is 12.1 Å². The fraction of sp³-hybridized carbons (Fsp3) is 0.483. The van der Waals surface area contributed by atoms with Crippen LogP contribution in [0.2, 0.25) is 0 Å². The minimum atomic E-state index is -1.89. The maximum Gasteiger partial charge on any atom is 0.239 e. The van der Waals surface area contributed by atoms with E-state index in [1.165, 1.54) is 32.4 Å². The lowest BCUT2D eigenvalue weighted by Crippen LogP contribution is -2.60. The average molecular weight is 655 g/mol. The summed E-state index contributed by atoms with van der Waals surface area (Å²) in [5.41, 5.74) is -1.11. The van der Waals surface area contributed by atoms with Crippen molar-refractivity contribution in [3.8, 4) is 40.1 Å². The molecule has 0 spiro atoms. The van der Waals surface area contributed by atoms with E-state index in [-0.39, 0.29) is 28.4 Å². The maximum atomic E-state index is 13.9. The Morgan fingerprint density at radius 1 is 0.717 bits per heavy atom. The van der Waals surface area contributed by atoms with Gasteiger partial charge in [-0.2, -0.15) is 0 Å². The Labute approximate surface area is 259 Å². The van der Waals surface area contributed by atoms with Gasteiger partial charge < -0.3 is 78.8 Å². The van der Waals surface area contributed by atoms with Crippen molar-refractivity contribution in [3.05, 3.63) is 40.6 Å². The SMILES string of the molecule is COc1ccc(-c2oc3cc(O[C@@H]4O[C@H](CO)[C@@H](O)[C@H](O)[C@@H]4O)cc(O)c3c(=O)c2O[C@@H]2O[C@H](CO)[C@@H](O)[C@H](O)[C@H]2O)cc1OC. The number of methoxy groups -OCH3 is 2. The van der Waals surface area contributed by atoms with Crippen LogP contribution in [0.3, 0.4) is 0 Å². The van der Waals surface area contributed by atoms with Crippen molar-refractivity contribution in [3.63, 3.8) is 0 Å². The summed E-state index contributed by atoms with van der Waals surface area (Å²) in [6.07, 6.45) is -16.7. The third-order valence-corrected chi connectivity index (χ3v) is 7.74. The highest BCUT2D eigenvalue weighted by Crippen LogP contribution is 2.40. The number of ether oxygens (including phenoxy) is 6. The van der Waals surface area contributed by atoms with E-state index in [4.69, 9.17) is 32.8 Å². The minimum Gasteiger partial charge on any atom is -0.507 e. The average Bonchev–Trinajstić information content (AvgIpc) is 3.05. The summed E-state index contributed by atoms with van der Waals surface area (Å²) in [6, 6.07) is 6.51. The zero-order chi connectivity index (χ0) is 33.4. The summed E-state index contributed by atoms with van der Waals surface area (Å²) in [7, 11) is 2.77. The van der Waals surface area contributed by atoms with Gasteiger partial charge in [0.2, 0.25) is 23.8 Å². The van der Waals surface area contributed by atoms with E-state index >= 15 is 0 Å². The first-order valence-corrected chi connectivity index (χ1v) is 13.9. The van der Waals surface area contributed by atoms with Crippen LogP contribution in [0, 0.1) is 0 Å². The third kappa shape index (κ3) is 6.05. The molecule has 0 bridgehead atoms. The molecule has 46 heavy (non-hydrogen) atoms. The van der Waals surface area contributed by atoms with Gasteiger partial charge in [-0.05, 0) is 18.2 Å². The largest absolute Gasteiger partial charge is 0.507 e. The summed E-state index contributed by atoms with van der Waals surface area (Å²) < 4.78 is 38.8. The molecular weight excluding hydrogens is 620 g/mol. The van der Waals surface area contributed by atoms with Gasteiger partial charge in [0.1, 0.15) is 71.3 Å². The highest BCUT2D eigenvalue weighted by atomic mass is 16.7. The molecule has 2 fully saturated rings. The Bertz CT molecular complexity index is 1590. The van der Waals surface area contributed by atoms with Crippen molar-refractivity contribution in [2.75, 3.05) is 27.4 Å². The Balaban J connectivity index is 1.62. The summed E-state index contributed by atoms with van der Waals surface area (Å²) >= 11 is 0. The summed E-state index contributed by atoms with van der Waals surface area (Å²) in [4.78, 5) is 13.9. The van der Waals surface area contributed by atoms with Crippen LogP contribution in [0.5, 0.6) is 28.7 Å².